The van der Waals surface area contributed by atoms with Crippen LogP contribution >= 0.6 is 23.4 Å². The Kier molecular flexibility index (Phi) is 4.72. The first-order chi connectivity index (χ1) is 8.72. The fourth-order valence-electron chi connectivity index (χ4n) is 2.09. The summed E-state index contributed by atoms with van der Waals surface area (Å²) in [4.78, 5) is 12.7. The molecular weight excluding hydrogens is 272 g/mol. The zero-order valence-corrected chi connectivity index (χ0v) is 11.5. The van der Waals surface area contributed by atoms with Crippen LogP contribution in [0.15, 0.2) is 18.2 Å². The average molecular weight is 287 g/mol. The van der Waals surface area contributed by atoms with E-state index in [2.05, 4.69) is 4.90 Å². The molecule has 0 aliphatic carbocycles. The van der Waals surface area contributed by atoms with Crippen molar-refractivity contribution in [1.82, 2.24) is 0 Å². The Labute approximate surface area is 115 Å². The lowest BCUT2D eigenvalue weighted by Crippen LogP contribution is -2.26. The van der Waals surface area contributed by atoms with Gasteiger partial charge in [-0.15, -0.1) is 11.6 Å². The van der Waals surface area contributed by atoms with Crippen LogP contribution in [0.2, 0.25) is 0 Å². The van der Waals surface area contributed by atoms with Crippen molar-refractivity contribution in [1.29, 1.82) is 0 Å². The van der Waals surface area contributed by atoms with Gasteiger partial charge in [-0.1, -0.05) is 0 Å². The van der Waals surface area contributed by atoms with Gasteiger partial charge in [0, 0.05) is 42.5 Å². The van der Waals surface area contributed by atoms with Gasteiger partial charge >= 0.3 is 0 Å². The van der Waals surface area contributed by atoms with E-state index in [4.69, 9.17) is 11.6 Å². The van der Waals surface area contributed by atoms with Crippen LogP contribution in [0.4, 0.5) is 11.4 Å². The minimum absolute atomic E-state index is 0.110. The molecule has 1 aromatic carbocycles. The van der Waals surface area contributed by atoms with E-state index >= 15 is 0 Å². The molecular formula is C12H15ClN2O2S. The van der Waals surface area contributed by atoms with Gasteiger partial charge in [0.05, 0.1) is 4.92 Å². The minimum Gasteiger partial charge on any atom is -0.370 e. The van der Waals surface area contributed by atoms with Crippen molar-refractivity contribution in [3.8, 4) is 0 Å². The molecule has 18 heavy (non-hydrogen) atoms. The lowest BCUT2D eigenvalue weighted by Gasteiger charge is -2.24. The molecule has 0 aromatic heterocycles. The molecule has 98 valence electrons. The Hall–Kier alpha value is -0.940. The Morgan fingerprint density at radius 3 is 2.94 bits per heavy atom. The van der Waals surface area contributed by atoms with E-state index in [9.17, 15) is 10.1 Å². The summed E-state index contributed by atoms with van der Waals surface area (Å²) < 4.78 is 0. The molecule has 1 fully saturated rings. The van der Waals surface area contributed by atoms with E-state index < -0.39 is 0 Å². The summed E-state index contributed by atoms with van der Waals surface area (Å²) in [6, 6.07) is 4.97. The van der Waals surface area contributed by atoms with E-state index in [1.54, 1.807) is 12.1 Å². The quantitative estimate of drug-likeness (QED) is 0.486. The van der Waals surface area contributed by atoms with Gasteiger partial charge in [0.15, 0.2) is 0 Å². The third-order valence-electron chi connectivity index (χ3n) is 2.98. The van der Waals surface area contributed by atoms with Gasteiger partial charge in [0.25, 0.3) is 5.69 Å². The lowest BCUT2D eigenvalue weighted by molar-refractivity contribution is -0.384. The number of anilines is 1. The number of nitrogens with zero attached hydrogens (tertiary/aromatic N) is 2. The molecule has 1 aliphatic rings. The maximum atomic E-state index is 10.8. The standard InChI is InChI=1S/C12H15ClN2O2S/c13-9-10-8-11(15(16)17)2-3-12(10)14-4-1-6-18-7-5-14/h2-3,8H,1,4-7,9H2. The SMILES string of the molecule is O=[N+]([O-])c1ccc(N2CCCSCC2)c(CCl)c1. The third-order valence-corrected chi connectivity index (χ3v) is 4.32. The molecule has 0 saturated carbocycles. The van der Waals surface area contributed by atoms with Crippen LogP contribution in [0.1, 0.15) is 12.0 Å². The largest absolute Gasteiger partial charge is 0.370 e. The number of benzene rings is 1. The predicted octanol–water partition coefficient (Wildman–Crippen LogP) is 3.28. The van der Waals surface area contributed by atoms with Crippen molar-refractivity contribution in [2.24, 2.45) is 0 Å². The highest BCUT2D eigenvalue weighted by Crippen LogP contribution is 2.28. The Balaban J connectivity index is 2.28. The van der Waals surface area contributed by atoms with Crippen molar-refractivity contribution < 1.29 is 4.92 Å². The number of nitro benzene ring substituents is 1. The van der Waals surface area contributed by atoms with E-state index in [-0.39, 0.29) is 10.6 Å². The van der Waals surface area contributed by atoms with Crippen LogP contribution in [-0.4, -0.2) is 29.5 Å². The molecule has 0 bridgehead atoms. The highest BCUT2D eigenvalue weighted by molar-refractivity contribution is 7.99. The molecule has 0 atom stereocenters. The summed E-state index contributed by atoms with van der Waals surface area (Å²) in [5, 5.41) is 10.8. The second kappa shape index (κ2) is 6.29. The van der Waals surface area contributed by atoms with Gasteiger partial charge in [-0.3, -0.25) is 10.1 Å². The molecule has 4 nitrogen and oxygen atoms in total. The second-order valence-corrected chi connectivity index (χ2v) is 5.65. The molecule has 0 radical (unpaired) electrons. The van der Waals surface area contributed by atoms with E-state index in [0.29, 0.717) is 5.88 Å². The average Bonchev–Trinajstić information content (AvgIpc) is 2.66. The number of alkyl halides is 1. The fourth-order valence-corrected chi connectivity index (χ4v) is 3.19. The van der Waals surface area contributed by atoms with E-state index in [1.807, 2.05) is 17.8 Å². The molecule has 1 saturated heterocycles. The van der Waals surface area contributed by atoms with Crippen molar-refractivity contribution in [3.63, 3.8) is 0 Å². The molecule has 0 N–H and O–H groups in total. The number of non-ortho nitro benzene ring substituents is 1. The highest BCUT2D eigenvalue weighted by Gasteiger charge is 2.16. The Bertz CT molecular complexity index is 434. The smallest absolute Gasteiger partial charge is 0.269 e. The molecule has 1 heterocycles. The summed E-state index contributed by atoms with van der Waals surface area (Å²) in [5.41, 5.74) is 1.99. The van der Waals surface area contributed by atoms with Gasteiger partial charge in [0.2, 0.25) is 0 Å². The van der Waals surface area contributed by atoms with E-state index in [0.717, 1.165) is 36.5 Å². The number of halogens is 1. The topological polar surface area (TPSA) is 46.4 Å². The van der Waals surface area contributed by atoms with Crippen LogP contribution in [0.5, 0.6) is 0 Å². The predicted molar refractivity (Wildman–Crippen MR) is 76.8 cm³/mol. The minimum atomic E-state index is -0.377. The van der Waals surface area contributed by atoms with Gasteiger partial charge in [-0.05, 0) is 23.8 Å². The summed E-state index contributed by atoms with van der Waals surface area (Å²) in [6.07, 6.45) is 1.14. The number of thioether (sulfide) groups is 1. The maximum absolute atomic E-state index is 10.8. The number of nitro groups is 1. The molecule has 0 amide bonds. The fraction of sp³-hybridized carbons (Fsp3) is 0.500. The van der Waals surface area contributed by atoms with E-state index in [1.165, 1.54) is 5.75 Å². The first kappa shape index (κ1) is 13.5. The number of hydrogen-bond donors (Lipinski definition) is 0. The summed E-state index contributed by atoms with van der Waals surface area (Å²) in [6.45, 7) is 1.97. The lowest BCUT2D eigenvalue weighted by atomic mass is 10.1. The van der Waals surface area contributed by atoms with Crippen LogP contribution in [0.25, 0.3) is 0 Å². The Morgan fingerprint density at radius 1 is 1.39 bits per heavy atom. The highest BCUT2D eigenvalue weighted by atomic mass is 35.5. The van der Waals surface area contributed by atoms with Crippen molar-refractivity contribution in [2.75, 3.05) is 29.5 Å². The molecule has 1 aliphatic heterocycles. The van der Waals surface area contributed by atoms with Crippen molar-refractivity contribution in [2.45, 2.75) is 12.3 Å². The number of hydrogen-bond acceptors (Lipinski definition) is 4. The first-order valence-corrected chi connectivity index (χ1v) is 7.57. The molecule has 2 rings (SSSR count). The van der Waals surface area contributed by atoms with Gasteiger partial charge < -0.3 is 4.90 Å². The zero-order valence-electron chi connectivity index (χ0n) is 9.97. The normalized spacial score (nSPS) is 16.4. The number of rotatable bonds is 3. The van der Waals surface area contributed by atoms with Crippen molar-refractivity contribution in [3.05, 3.63) is 33.9 Å². The van der Waals surface area contributed by atoms with Gasteiger partial charge in [-0.2, -0.15) is 11.8 Å². The molecule has 1 aromatic rings. The molecule has 0 unspecified atom stereocenters. The summed E-state index contributed by atoms with van der Waals surface area (Å²) in [7, 11) is 0. The zero-order chi connectivity index (χ0) is 13.0. The molecule has 0 spiro atoms. The second-order valence-electron chi connectivity index (χ2n) is 4.16. The monoisotopic (exact) mass is 286 g/mol. The van der Waals surface area contributed by atoms with Crippen molar-refractivity contribution >= 4 is 34.7 Å². The third kappa shape index (κ3) is 3.09. The maximum Gasteiger partial charge on any atom is 0.269 e. The van der Waals surface area contributed by atoms with Crippen LogP contribution in [0.3, 0.4) is 0 Å². The van der Waals surface area contributed by atoms with Crippen LogP contribution in [0, 0.1) is 10.1 Å². The van der Waals surface area contributed by atoms with Gasteiger partial charge in [-0.25, -0.2) is 0 Å². The Morgan fingerprint density at radius 2 is 2.22 bits per heavy atom. The van der Waals surface area contributed by atoms with Gasteiger partial charge in [0.1, 0.15) is 0 Å². The van der Waals surface area contributed by atoms with Crippen LogP contribution < -0.4 is 4.90 Å². The molecule has 6 heteroatoms. The summed E-state index contributed by atoms with van der Waals surface area (Å²) >= 11 is 7.87. The first-order valence-electron chi connectivity index (χ1n) is 5.88. The van der Waals surface area contributed by atoms with Crippen LogP contribution in [-0.2, 0) is 5.88 Å². The summed E-state index contributed by atoms with van der Waals surface area (Å²) in [5.74, 6) is 2.58.